The number of nitrogens with zero attached hydrogens (tertiary/aromatic N) is 2. The fraction of sp³-hybridized carbons (Fsp3) is 0.0500. The van der Waals surface area contributed by atoms with Crippen molar-refractivity contribution in [2.24, 2.45) is 0 Å². The number of rotatable bonds is 5. The van der Waals surface area contributed by atoms with Crippen LogP contribution < -0.4 is 0 Å². The van der Waals surface area contributed by atoms with Crippen molar-refractivity contribution in [3.05, 3.63) is 78.3 Å². The monoisotopic (exact) mass is 346 g/mol. The van der Waals surface area contributed by atoms with Crippen LogP contribution >= 0.6 is 0 Å². The molecule has 0 spiro atoms. The van der Waals surface area contributed by atoms with Gasteiger partial charge in [0.1, 0.15) is 12.3 Å². The molecule has 4 rings (SSSR count). The molecule has 0 amide bonds. The fourth-order valence-corrected chi connectivity index (χ4v) is 2.53. The number of hydrogen-bond acceptors (Lipinski definition) is 6. The van der Waals surface area contributed by atoms with Gasteiger partial charge in [0.05, 0.1) is 11.8 Å². The van der Waals surface area contributed by atoms with Crippen molar-refractivity contribution in [1.29, 1.82) is 0 Å². The Morgan fingerprint density at radius 2 is 2.04 bits per heavy atom. The van der Waals surface area contributed by atoms with E-state index in [1.54, 1.807) is 36.7 Å². The largest absolute Gasteiger partial charge is 0.461 e. The predicted molar refractivity (Wildman–Crippen MR) is 94.8 cm³/mol. The summed E-state index contributed by atoms with van der Waals surface area (Å²) in [7, 11) is 0. The Bertz CT molecular complexity index is 1060. The molecular weight excluding hydrogens is 332 g/mol. The van der Waals surface area contributed by atoms with E-state index in [0.29, 0.717) is 17.2 Å². The minimum atomic E-state index is -0.472. The zero-order valence-corrected chi connectivity index (χ0v) is 13.7. The zero-order valence-electron chi connectivity index (χ0n) is 13.7. The standard InChI is InChI=1S/C20H14N2O4/c23-19(9-8-15-5-1-4-14-6-2-10-21-20(14)15)25-13-16-12-18(26-22-16)17-7-3-11-24-17/h1-12H,13H2/b9-8+. The van der Waals surface area contributed by atoms with E-state index in [0.717, 1.165) is 16.5 Å². The summed E-state index contributed by atoms with van der Waals surface area (Å²) in [6.45, 7) is 0.0150. The van der Waals surface area contributed by atoms with Gasteiger partial charge in [-0.2, -0.15) is 0 Å². The maximum atomic E-state index is 12.0. The SMILES string of the molecule is O=C(/C=C/c1cccc2cccnc12)OCc1cc(-c2ccco2)on1. The van der Waals surface area contributed by atoms with Crippen LogP contribution in [0.25, 0.3) is 28.5 Å². The van der Waals surface area contributed by atoms with Gasteiger partial charge in [-0.05, 0) is 24.3 Å². The molecule has 0 fully saturated rings. The molecule has 128 valence electrons. The van der Waals surface area contributed by atoms with E-state index in [4.69, 9.17) is 13.7 Å². The molecule has 0 aliphatic carbocycles. The van der Waals surface area contributed by atoms with Gasteiger partial charge in [0.25, 0.3) is 0 Å². The number of aromatic nitrogens is 2. The van der Waals surface area contributed by atoms with Crippen molar-refractivity contribution in [1.82, 2.24) is 10.1 Å². The Morgan fingerprint density at radius 3 is 2.92 bits per heavy atom. The van der Waals surface area contributed by atoms with Gasteiger partial charge in [-0.1, -0.05) is 29.4 Å². The molecule has 6 heteroatoms. The normalized spacial score (nSPS) is 11.2. The van der Waals surface area contributed by atoms with Crippen LogP contribution in [0, 0.1) is 0 Å². The van der Waals surface area contributed by atoms with Gasteiger partial charge in [0.2, 0.25) is 5.76 Å². The molecule has 0 atom stereocenters. The van der Waals surface area contributed by atoms with Crippen molar-refractivity contribution in [3.8, 4) is 11.5 Å². The molecule has 26 heavy (non-hydrogen) atoms. The van der Waals surface area contributed by atoms with Crippen molar-refractivity contribution < 1.29 is 18.5 Å². The van der Waals surface area contributed by atoms with Crippen molar-refractivity contribution in [3.63, 3.8) is 0 Å². The van der Waals surface area contributed by atoms with Gasteiger partial charge in [0, 0.05) is 29.3 Å². The minimum absolute atomic E-state index is 0.0150. The Kier molecular flexibility index (Phi) is 4.30. The van der Waals surface area contributed by atoms with Gasteiger partial charge < -0.3 is 13.7 Å². The zero-order chi connectivity index (χ0) is 17.8. The van der Waals surface area contributed by atoms with E-state index in [1.807, 2.05) is 30.3 Å². The first kappa shape index (κ1) is 15.8. The number of benzene rings is 1. The number of ether oxygens (including phenoxy) is 1. The molecule has 0 radical (unpaired) electrons. The van der Waals surface area contributed by atoms with Crippen LogP contribution in [0.2, 0.25) is 0 Å². The lowest BCUT2D eigenvalue weighted by Crippen LogP contribution is -2.00. The van der Waals surface area contributed by atoms with Crippen LogP contribution in [-0.4, -0.2) is 16.1 Å². The molecular formula is C20H14N2O4. The lowest BCUT2D eigenvalue weighted by Gasteiger charge is -2.01. The second-order valence-electron chi connectivity index (χ2n) is 5.52. The quantitative estimate of drug-likeness (QED) is 0.397. The first-order chi connectivity index (χ1) is 12.8. The molecule has 0 saturated heterocycles. The lowest BCUT2D eigenvalue weighted by atomic mass is 10.1. The van der Waals surface area contributed by atoms with E-state index < -0.39 is 5.97 Å². The summed E-state index contributed by atoms with van der Waals surface area (Å²) in [4.78, 5) is 16.3. The topological polar surface area (TPSA) is 78.4 Å². The number of esters is 1. The predicted octanol–water partition coefficient (Wildman–Crippen LogP) is 4.24. The Labute approximate surface area is 148 Å². The van der Waals surface area contributed by atoms with Crippen molar-refractivity contribution in [2.75, 3.05) is 0 Å². The van der Waals surface area contributed by atoms with E-state index in [2.05, 4.69) is 10.1 Å². The van der Waals surface area contributed by atoms with E-state index in [9.17, 15) is 4.79 Å². The van der Waals surface area contributed by atoms with Gasteiger partial charge in [-0.15, -0.1) is 0 Å². The minimum Gasteiger partial charge on any atom is -0.461 e. The van der Waals surface area contributed by atoms with E-state index >= 15 is 0 Å². The number of hydrogen-bond donors (Lipinski definition) is 0. The molecule has 3 heterocycles. The van der Waals surface area contributed by atoms with Crippen molar-refractivity contribution >= 4 is 22.9 Å². The summed E-state index contributed by atoms with van der Waals surface area (Å²) in [5, 5.41) is 4.87. The Hall–Kier alpha value is -3.67. The number of carbonyl (C=O) groups is 1. The number of pyridine rings is 1. The van der Waals surface area contributed by atoms with Crippen molar-refractivity contribution in [2.45, 2.75) is 6.61 Å². The summed E-state index contributed by atoms with van der Waals surface area (Å²) >= 11 is 0. The third kappa shape index (κ3) is 3.39. The highest BCUT2D eigenvalue weighted by Gasteiger charge is 2.10. The third-order valence-electron chi connectivity index (χ3n) is 3.75. The molecule has 0 aliphatic heterocycles. The van der Waals surface area contributed by atoms with Gasteiger partial charge in [-0.3, -0.25) is 4.98 Å². The molecule has 0 saturated carbocycles. The maximum absolute atomic E-state index is 12.0. The summed E-state index contributed by atoms with van der Waals surface area (Å²) in [6.07, 6.45) is 6.33. The first-order valence-electron chi connectivity index (χ1n) is 7.98. The maximum Gasteiger partial charge on any atom is 0.331 e. The molecule has 4 aromatic rings. The highest BCUT2D eigenvalue weighted by Crippen LogP contribution is 2.21. The second-order valence-corrected chi connectivity index (χ2v) is 5.52. The summed E-state index contributed by atoms with van der Waals surface area (Å²) < 4.78 is 15.6. The molecule has 1 aromatic carbocycles. The highest BCUT2D eigenvalue weighted by molar-refractivity contribution is 5.92. The average Bonchev–Trinajstić information content (AvgIpc) is 3.36. The molecule has 6 nitrogen and oxygen atoms in total. The smallest absolute Gasteiger partial charge is 0.331 e. The third-order valence-corrected chi connectivity index (χ3v) is 3.75. The highest BCUT2D eigenvalue weighted by atomic mass is 16.5. The summed E-state index contributed by atoms with van der Waals surface area (Å²) in [5.41, 5.74) is 2.19. The molecule has 0 unspecified atom stereocenters. The van der Waals surface area contributed by atoms with Gasteiger partial charge in [0.15, 0.2) is 5.76 Å². The Morgan fingerprint density at radius 1 is 1.12 bits per heavy atom. The number of furan rings is 1. The molecule has 0 aliphatic rings. The van der Waals surface area contributed by atoms with Crippen LogP contribution in [0.1, 0.15) is 11.3 Å². The van der Waals surface area contributed by atoms with E-state index in [1.165, 1.54) is 6.08 Å². The molecule has 0 N–H and O–H groups in total. The number of carbonyl (C=O) groups excluding carboxylic acids is 1. The van der Waals surface area contributed by atoms with Crippen LogP contribution in [0.3, 0.4) is 0 Å². The number of para-hydroxylation sites is 1. The number of fused-ring (bicyclic) bond motifs is 1. The molecule has 0 bridgehead atoms. The summed E-state index contributed by atoms with van der Waals surface area (Å²) in [5.74, 6) is 0.581. The molecule has 3 aromatic heterocycles. The summed E-state index contributed by atoms with van der Waals surface area (Å²) in [6, 6.07) is 14.8. The Balaban J connectivity index is 1.40. The van der Waals surface area contributed by atoms with Crippen LogP contribution in [0.15, 0.2) is 76.0 Å². The van der Waals surface area contributed by atoms with E-state index in [-0.39, 0.29) is 6.61 Å². The van der Waals surface area contributed by atoms with Crippen LogP contribution in [-0.2, 0) is 16.1 Å². The first-order valence-corrected chi connectivity index (χ1v) is 7.98. The lowest BCUT2D eigenvalue weighted by molar-refractivity contribution is -0.139. The second kappa shape index (κ2) is 7.06. The van der Waals surface area contributed by atoms with Gasteiger partial charge >= 0.3 is 5.97 Å². The van der Waals surface area contributed by atoms with Crippen LogP contribution in [0.5, 0.6) is 0 Å². The average molecular weight is 346 g/mol. The van der Waals surface area contributed by atoms with Crippen LogP contribution in [0.4, 0.5) is 0 Å². The fourth-order valence-electron chi connectivity index (χ4n) is 2.53. The van der Waals surface area contributed by atoms with Gasteiger partial charge in [-0.25, -0.2) is 4.79 Å².